The molecule has 1 amide bonds. The molecule has 174 valence electrons. The van der Waals surface area contributed by atoms with Gasteiger partial charge in [-0.15, -0.1) is 0 Å². The number of rotatable bonds is 8. The van der Waals surface area contributed by atoms with Crippen LogP contribution in [0.4, 0.5) is 0 Å². The normalized spacial score (nSPS) is 15.5. The highest BCUT2D eigenvalue weighted by Crippen LogP contribution is 2.24. The van der Waals surface area contributed by atoms with Crippen molar-refractivity contribution in [3.8, 4) is 0 Å². The van der Waals surface area contributed by atoms with E-state index < -0.39 is 21.9 Å². The number of esters is 1. The van der Waals surface area contributed by atoms with E-state index in [1.807, 2.05) is 31.2 Å². The molecule has 0 aliphatic carbocycles. The fourth-order valence-corrected chi connectivity index (χ4v) is 5.14. The van der Waals surface area contributed by atoms with Crippen LogP contribution in [0.3, 0.4) is 0 Å². The van der Waals surface area contributed by atoms with Crippen LogP contribution in [-0.2, 0) is 37.8 Å². The maximum atomic E-state index is 12.7. The lowest BCUT2D eigenvalue weighted by Crippen LogP contribution is -2.41. The van der Waals surface area contributed by atoms with Crippen molar-refractivity contribution in [3.05, 3.63) is 47.4 Å². The van der Waals surface area contributed by atoms with E-state index in [9.17, 15) is 18.0 Å². The first-order valence-corrected chi connectivity index (χ1v) is 12.1. The molecular weight excluding hydrogens is 432 g/mol. The first-order chi connectivity index (χ1) is 15.2. The number of carbonyl (C=O) groups excluding carboxylic acids is 2. The summed E-state index contributed by atoms with van der Waals surface area (Å²) in [5, 5.41) is 2.77. The second-order valence-electron chi connectivity index (χ2n) is 8.05. The number of piperidine rings is 1. The highest BCUT2D eigenvalue weighted by Gasteiger charge is 2.34. The van der Waals surface area contributed by atoms with Crippen LogP contribution in [0.1, 0.15) is 29.8 Å². The first-order valence-electron chi connectivity index (χ1n) is 10.7. The topological polar surface area (TPSA) is 111 Å². The number of aromatic nitrogens is 2. The molecule has 0 saturated carbocycles. The summed E-state index contributed by atoms with van der Waals surface area (Å²) in [5.41, 5.74) is 2.33. The number of benzene rings is 1. The third-order valence-corrected chi connectivity index (χ3v) is 7.57. The van der Waals surface area contributed by atoms with Gasteiger partial charge in [0.1, 0.15) is 5.82 Å². The molecule has 0 bridgehead atoms. The van der Waals surface area contributed by atoms with Gasteiger partial charge >= 0.3 is 5.97 Å². The minimum absolute atomic E-state index is 0.0147. The summed E-state index contributed by atoms with van der Waals surface area (Å²) in [7, 11) is -1.95. The average Bonchev–Trinajstić information content (AvgIpc) is 3.12. The molecule has 10 heteroatoms. The third-order valence-electron chi connectivity index (χ3n) is 5.80. The molecule has 3 rings (SSSR count). The van der Waals surface area contributed by atoms with Crippen LogP contribution in [0.5, 0.6) is 0 Å². The van der Waals surface area contributed by atoms with Gasteiger partial charge in [0.15, 0.2) is 11.6 Å². The van der Waals surface area contributed by atoms with Gasteiger partial charge in [0, 0.05) is 32.9 Å². The van der Waals surface area contributed by atoms with Crippen LogP contribution in [0.25, 0.3) is 0 Å². The van der Waals surface area contributed by atoms with Crippen molar-refractivity contribution in [1.29, 1.82) is 0 Å². The molecule has 9 nitrogen and oxygen atoms in total. The number of imidazole rings is 1. The van der Waals surface area contributed by atoms with E-state index in [-0.39, 0.29) is 30.6 Å². The highest BCUT2D eigenvalue weighted by molar-refractivity contribution is 7.89. The number of aryl methyl sites for hydroxylation is 3. The van der Waals surface area contributed by atoms with E-state index in [1.165, 1.54) is 16.1 Å². The van der Waals surface area contributed by atoms with Crippen molar-refractivity contribution in [1.82, 2.24) is 19.2 Å². The molecule has 0 radical (unpaired) electrons. The molecule has 1 aliphatic heterocycles. The number of ether oxygens (including phenoxy) is 1. The molecule has 1 aromatic heterocycles. The lowest BCUT2D eigenvalue weighted by Gasteiger charge is -2.29. The van der Waals surface area contributed by atoms with Crippen molar-refractivity contribution in [3.63, 3.8) is 0 Å². The van der Waals surface area contributed by atoms with Crippen LogP contribution >= 0.6 is 0 Å². The van der Waals surface area contributed by atoms with E-state index in [4.69, 9.17) is 4.74 Å². The SMILES string of the molecule is Cc1ccccc1CCNC(=O)COC(=O)C1CCN(S(=O)(=O)c2cn(C)c(C)n2)CC1. The molecule has 1 aromatic carbocycles. The number of nitrogens with zero attached hydrogens (tertiary/aromatic N) is 3. The van der Waals surface area contributed by atoms with Crippen molar-refractivity contribution in [2.45, 2.75) is 38.1 Å². The zero-order chi connectivity index (χ0) is 23.3. The molecule has 2 aromatic rings. The fourth-order valence-electron chi connectivity index (χ4n) is 3.65. The number of hydrogen-bond donors (Lipinski definition) is 1. The Labute approximate surface area is 188 Å². The number of sulfonamides is 1. The van der Waals surface area contributed by atoms with Crippen LogP contribution in [0.15, 0.2) is 35.5 Å². The summed E-state index contributed by atoms with van der Waals surface area (Å²) in [6.45, 7) is 4.30. The van der Waals surface area contributed by atoms with E-state index >= 15 is 0 Å². The van der Waals surface area contributed by atoms with Gasteiger partial charge < -0.3 is 14.6 Å². The molecule has 0 unspecified atom stereocenters. The van der Waals surface area contributed by atoms with Crippen molar-refractivity contribution >= 4 is 21.9 Å². The molecule has 1 fully saturated rings. The van der Waals surface area contributed by atoms with Gasteiger partial charge in [0.25, 0.3) is 15.9 Å². The predicted octanol–water partition coefficient (Wildman–Crippen LogP) is 1.34. The van der Waals surface area contributed by atoms with Gasteiger partial charge in [-0.25, -0.2) is 13.4 Å². The predicted molar refractivity (Wildman–Crippen MR) is 118 cm³/mol. The monoisotopic (exact) mass is 462 g/mol. The smallest absolute Gasteiger partial charge is 0.309 e. The van der Waals surface area contributed by atoms with Crippen molar-refractivity contribution in [2.75, 3.05) is 26.2 Å². The molecule has 32 heavy (non-hydrogen) atoms. The zero-order valence-corrected chi connectivity index (χ0v) is 19.5. The maximum absolute atomic E-state index is 12.7. The Morgan fingerprint density at radius 3 is 2.50 bits per heavy atom. The Kier molecular flexibility index (Phi) is 7.68. The minimum atomic E-state index is -3.69. The molecule has 2 heterocycles. The van der Waals surface area contributed by atoms with Crippen LogP contribution in [0, 0.1) is 19.8 Å². The van der Waals surface area contributed by atoms with Crippen molar-refractivity contribution in [2.24, 2.45) is 13.0 Å². The van der Waals surface area contributed by atoms with Gasteiger partial charge in [-0.2, -0.15) is 4.31 Å². The summed E-state index contributed by atoms with van der Waals surface area (Å²) in [4.78, 5) is 28.4. The summed E-state index contributed by atoms with van der Waals surface area (Å²) in [5.74, 6) is -0.631. The Hall–Kier alpha value is -2.72. The van der Waals surface area contributed by atoms with Gasteiger partial charge in [0.2, 0.25) is 0 Å². The molecule has 1 N–H and O–H groups in total. The molecular formula is C22H30N4O5S. The van der Waals surface area contributed by atoms with Gasteiger partial charge in [-0.1, -0.05) is 24.3 Å². The summed E-state index contributed by atoms with van der Waals surface area (Å²) < 4.78 is 33.7. The molecule has 0 spiro atoms. The quantitative estimate of drug-likeness (QED) is 0.593. The number of nitrogens with one attached hydrogen (secondary N) is 1. The Morgan fingerprint density at radius 1 is 1.19 bits per heavy atom. The Bertz CT molecular complexity index is 1050. The second kappa shape index (κ2) is 10.3. The van der Waals surface area contributed by atoms with E-state index in [0.717, 1.165) is 5.56 Å². The van der Waals surface area contributed by atoms with Crippen LogP contribution in [0.2, 0.25) is 0 Å². The number of hydrogen-bond acceptors (Lipinski definition) is 6. The standard InChI is InChI=1S/C22H30N4O5S/c1-16-6-4-5-7-18(16)8-11-23-20(27)15-31-22(28)19-9-12-26(13-10-19)32(29,30)21-14-25(3)17(2)24-21/h4-7,14,19H,8-13,15H2,1-3H3,(H,23,27). The Morgan fingerprint density at radius 2 is 1.88 bits per heavy atom. The second-order valence-corrected chi connectivity index (χ2v) is 9.93. The highest BCUT2D eigenvalue weighted by atomic mass is 32.2. The molecule has 0 atom stereocenters. The first kappa shape index (κ1) is 23.9. The lowest BCUT2D eigenvalue weighted by atomic mass is 9.98. The number of amides is 1. The minimum Gasteiger partial charge on any atom is -0.455 e. The maximum Gasteiger partial charge on any atom is 0.309 e. The zero-order valence-electron chi connectivity index (χ0n) is 18.7. The summed E-state index contributed by atoms with van der Waals surface area (Å²) in [6.07, 6.45) is 2.88. The van der Waals surface area contributed by atoms with Crippen molar-refractivity contribution < 1.29 is 22.7 Å². The van der Waals surface area contributed by atoms with Crippen LogP contribution in [-0.4, -0.2) is 60.4 Å². The van der Waals surface area contributed by atoms with Gasteiger partial charge in [-0.3, -0.25) is 9.59 Å². The summed E-state index contributed by atoms with van der Waals surface area (Å²) in [6, 6.07) is 7.96. The van der Waals surface area contributed by atoms with E-state index in [1.54, 1.807) is 18.5 Å². The van der Waals surface area contributed by atoms with Gasteiger partial charge in [0.05, 0.1) is 5.92 Å². The molecule has 1 saturated heterocycles. The largest absolute Gasteiger partial charge is 0.455 e. The average molecular weight is 463 g/mol. The molecule has 1 aliphatic rings. The van der Waals surface area contributed by atoms with Gasteiger partial charge in [-0.05, 0) is 44.2 Å². The third kappa shape index (κ3) is 5.74. The van der Waals surface area contributed by atoms with Crippen LogP contribution < -0.4 is 5.32 Å². The lowest BCUT2D eigenvalue weighted by molar-refractivity contribution is -0.153. The fraction of sp³-hybridized carbons (Fsp3) is 0.500. The summed E-state index contributed by atoms with van der Waals surface area (Å²) >= 11 is 0. The number of carbonyl (C=O) groups is 2. The van der Waals surface area contributed by atoms with E-state index in [0.29, 0.717) is 31.6 Å². The Balaban J connectivity index is 1.40. The van der Waals surface area contributed by atoms with E-state index in [2.05, 4.69) is 10.3 Å².